The minimum atomic E-state index is -0.952. The molecular formula is C23H34O4. The third-order valence-corrected chi connectivity index (χ3v) is 6.42. The standard InChI is InChI=1S/C23H34O4/c1-14-9-11-23(12-10-14)13-17(26-6)16-8-7-15(2)18(19(16)23)20(21(24)25)27-22(3,4)5/h7-8,14,17,20H,9-13H2,1-6H3,(H,24,25). The second kappa shape index (κ2) is 7.21. The number of aliphatic carboxylic acids is 1. The summed E-state index contributed by atoms with van der Waals surface area (Å²) in [5, 5.41) is 10.0. The quantitative estimate of drug-likeness (QED) is 0.759. The summed E-state index contributed by atoms with van der Waals surface area (Å²) in [5.74, 6) is -0.184. The maximum atomic E-state index is 12.2. The van der Waals surface area contributed by atoms with E-state index in [0.717, 1.165) is 41.9 Å². The van der Waals surface area contributed by atoms with Gasteiger partial charge in [-0.1, -0.05) is 19.1 Å². The van der Waals surface area contributed by atoms with E-state index in [9.17, 15) is 9.90 Å². The van der Waals surface area contributed by atoms with Crippen LogP contribution >= 0.6 is 0 Å². The summed E-state index contributed by atoms with van der Waals surface area (Å²) in [6.45, 7) is 10.1. The van der Waals surface area contributed by atoms with Gasteiger partial charge in [-0.25, -0.2) is 4.79 Å². The Bertz CT molecular complexity index is 708. The van der Waals surface area contributed by atoms with Crippen LogP contribution in [0, 0.1) is 12.8 Å². The molecule has 3 rings (SSSR count). The van der Waals surface area contributed by atoms with Crippen LogP contribution in [0.4, 0.5) is 0 Å². The van der Waals surface area contributed by atoms with Crippen LogP contribution < -0.4 is 0 Å². The van der Waals surface area contributed by atoms with Crippen molar-refractivity contribution in [2.24, 2.45) is 5.92 Å². The lowest BCUT2D eigenvalue weighted by atomic mass is 9.66. The molecule has 0 aromatic heterocycles. The zero-order chi connectivity index (χ0) is 20.0. The van der Waals surface area contributed by atoms with Gasteiger partial charge in [0, 0.05) is 7.11 Å². The molecule has 1 N–H and O–H groups in total. The van der Waals surface area contributed by atoms with Gasteiger partial charge in [-0.3, -0.25) is 0 Å². The first-order valence-electron chi connectivity index (χ1n) is 10.2. The molecule has 0 heterocycles. The van der Waals surface area contributed by atoms with Crippen LogP contribution in [0.15, 0.2) is 12.1 Å². The molecule has 4 heteroatoms. The molecule has 2 aliphatic carbocycles. The molecule has 150 valence electrons. The third kappa shape index (κ3) is 3.79. The highest BCUT2D eigenvalue weighted by atomic mass is 16.5. The van der Waals surface area contributed by atoms with Crippen molar-refractivity contribution in [1.29, 1.82) is 0 Å². The summed E-state index contributed by atoms with van der Waals surface area (Å²) in [6, 6.07) is 4.18. The van der Waals surface area contributed by atoms with Crippen LogP contribution in [-0.2, 0) is 19.7 Å². The molecule has 27 heavy (non-hydrogen) atoms. The number of hydrogen-bond acceptors (Lipinski definition) is 3. The van der Waals surface area contributed by atoms with Crippen molar-refractivity contribution in [3.05, 3.63) is 34.4 Å². The van der Waals surface area contributed by atoms with Gasteiger partial charge in [-0.15, -0.1) is 0 Å². The summed E-state index contributed by atoms with van der Waals surface area (Å²) in [6.07, 6.45) is 4.59. The molecule has 1 fully saturated rings. The van der Waals surface area contributed by atoms with Crippen molar-refractivity contribution < 1.29 is 19.4 Å². The number of methoxy groups -OCH3 is 1. The first kappa shape index (κ1) is 20.3. The van der Waals surface area contributed by atoms with Crippen molar-refractivity contribution in [3.8, 4) is 0 Å². The predicted molar refractivity (Wildman–Crippen MR) is 106 cm³/mol. The highest BCUT2D eigenvalue weighted by Crippen LogP contribution is 2.57. The van der Waals surface area contributed by atoms with Gasteiger partial charge in [0.1, 0.15) is 0 Å². The second-order valence-corrected chi connectivity index (χ2v) is 9.60. The van der Waals surface area contributed by atoms with Crippen LogP contribution in [0.5, 0.6) is 0 Å². The zero-order valence-electron chi connectivity index (χ0n) is 17.6. The minimum Gasteiger partial charge on any atom is -0.479 e. The van der Waals surface area contributed by atoms with Crippen LogP contribution in [0.3, 0.4) is 0 Å². The number of aryl methyl sites for hydroxylation is 1. The number of hydrogen-bond donors (Lipinski definition) is 1. The van der Waals surface area contributed by atoms with E-state index in [-0.39, 0.29) is 11.5 Å². The lowest BCUT2D eigenvalue weighted by Gasteiger charge is -2.39. The fourth-order valence-electron chi connectivity index (χ4n) is 5.07. The van der Waals surface area contributed by atoms with Crippen molar-refractivity contribution in [2.45, 2.75) is 89.9 Å². The van der Waals surface area contributed by atoms with Crippen molar-refractivity contribution in [3.63, 3.8) is 0 Å². The molecule has 0 amide bonds. The Hall–Kier alpha value is -1.39. The van der Waals surface area contributed by atoms with E-state index < -0.39 is 17.7 Å². The molecule has 1 aromatic carbocycles. The lowest BCUT2D eigenvalue weighted by molar-refractivity contribution is -0.160. The topological polar surface area (TPSA) is 55.8 Å². The fourth-order valence-corrected chi connectivity index (χ4v) is 5.07. The van der Waals surface area contributed by atoms with Gasteiger partial charge in [0.25, 0.3) is 0 Å². The lowest BCUT2D eigenvalue weighted by Crippen LogP contribution is -2.34. The predicted octanol–water partition coefficient (Wildman–Crippen LogP) is 5.47. The van der Waals surface area contributed by atoms with Gasteiger partial charge in [0.05, 0.1) is 11.7 Å². The van der Waals surface area contributed by atoms with Gasteiger partial charge in [-0.05, 0) is 93.4 Å². The molecule has 4 nitrogen and oxygen atoms in total. The fraction of sp³-hybridized carbons (Fsp3) is 0.696. The maximum Gasteiger partial charge on any atom is 0.337 e. The molecule has 2 atom stereocenters. The van der Waals surface area contributed by atoms with Crippen LogP contribution in [-0.4, -0.2) is 23.8 Å². The van der Waals surface area contributed by atoms with Gasteiger partial charge in [0.15, 0.2) is 6.10 Å². The molecule has 0 aliphatic heterocycles. The van der Waals surface area contributed by atoms with E-state index in [0.29, 0.717) is 0 Å². The zero-order valence-corrected chi connectivity index (χ0v) is 17.6. The van der Waals surface area contributed by atoms with E-state index in [4.69, 9.17) is 9.47 Å². The summed E-state index contributed by atoms with van der Waals surface area (Å²) in [5.41, 5.74) is 3.71. The maximum absolute atomic E-state index is 12.2. The van der Waals surface area contributed by atoms with Crippen molar-refractivity contribution in [2.75, 3.05) is 7.11 Å². The molecule has 2 unspecified atom stereocenters. The number of rotatable bonds is 4. The molecule has 1 spiro atoms. The van der Waals surface area contributed by atoms with Crippen LogP contribution in [0.25, 0.3) is 0 Å². The first-order valence-corrected chi connectivity index (χ1v) is 10.2. The number of benzene rings is 1. The van der Waals surface area contributed by atoms with Crippen molar-refractivity contribution >= 4 is 5.97 Å². The molecule has 0 saturated heterocycles. The van der Waals surface area contributed by atoms with Gasteiger partial charge in [-0.2, -0.15) is 0 Å². The van der Waals surface area contributed by atoms with Gasteiger partial charge < -0.3 is 14.6 Å². The number of carboxylic acid groups (broad SMARTS) is 1. The number of ether oxygens (including phenoxy) is 2. The van der Waals surface area contributed by atoms with Gasteiger partial charge >= 0.3 is 5.97 Å². The number of carboxylic acids is 1. The highest BCUT2D eigenvalue weighted by Gasteiger charge is 2.49. The second-order valence-electron chi connectivity index (χ2n) is 9.60. The normalized spacial score (nSPS) is 29.0. The Balaban J connectivity index is 2.18. The van der Waals surface area contributed by atoms with E-state index in [1.165, 1.54) is 18.4 Å². The molecular weight excluding hydrogens is 340 g/mol. The summed E-state index contributed by atoms with van der Waals surface area (Å²) >= 11 is 0. The Kier molecular flexibility index (Phi) is 5.44. The highest BCUT2D eigenvalue weighted by molar-refractivity contribution is 5.76. The Morgan fingerprint density at radius 3 is 2.41 bits per heavy atom. The molecule has 0 radical (unpaired) electrons. The Morgan fingerprint density at radius 1 is 1.26 bits per heavy atom. The Labute approximate surface area is 163 Å². The van der Waals surface area contributed by atoms with E-state index >= 15 is 0 Å². The van der Waals surface area contributed by atoms with Crippen molar-refractivity contribution in [1.82, 2.24) is 0 Å². The average molecular weight is 375 g/mol. The summed E-state index contributed by atoms with van der Waals surface area (Å²) in [7, 11) is 1.76. The monoisotopic (exact) mass is 374 g/mol. The smallest absolute Gasteiger partial charge is 0.337 e. The van der Waals surface area contributed by atoms with E-state index in [1.807, 2.05) is 33.8 Å². The van der Waals surface area contributed by atoms with E-state index in [1.54, 1.807) is 7.11 Å². The number of carbonyl (C=O) groups is 1. The average Bonchev–Trinajstić information content (AvgIpc) is 2.89. The minimum absolute atomic E-state index is 0.0127. The molecule has 1 aromatic rings. The van der Waals surface area contributed by atoms with E-state index in [2.05, 4.69) is 13.0 Å². The molecule has 0 bridgehead atoms. The Morgan fingerprint density at radius 2 is 1.89 bits per heavy atom. The largest absolute Gasteiger partial charge is 0.479 e. The molecule has 1 saturated carbocycles. The summed E-state index contributed by atoms with van der Waals surface area (Å²) < 4.78 is 11.9. The summed E-state index contributed by atoms with van der Waals surface area (Å²) in [4.78, 5) is 12.2. The molecule has 2 aliphatic rings. The first-order chi connectivity index (χ1) is 12.6. The number of fused-ring (bicyclic) bond motifs is 2. The SMILES string of the molecule is COC1CC2(CCC(C)CC2)c2c1ccc(C)c2C(OC(C)(C)C)C(=O)O. The van der Waals surface area contributed by atoms with Crippen LogP contribution in [0.1, 0.15) is 94.3 Å². The van der Waals surface area contributed by atoms with Crippen LogP contribution in [0.2, 0.25) is 0 Å². The third-order valence-electron chi connectivity index (χ3n) is 6.42. The van der Waals surface area contributed by atoms with Gasteiger partial charge in [0.2, 0.25) is 0 Å².